The van der Waals surface area contributed by atoms with E-state index in [1.54, 1.807) is 38.5 Å². The smallest absolute Gasteiger partial charge is 0.235 e. The minimum absolute atomic E-state index is 0.0991. The van der Waals surface area contributed by atoms with Crippen molar-refractivity contribution in [2.24, 2.45) is 0 Å². The molecule has 3 aromatic rings. The second kappa shape index (κ2) is 8.16. The lowest BCUT2D eigenvalue weighted by molar-refractivity contribution is 0.205. The topological polar surface area (TPSA) is 57.9 Å². The van der Waals surface area contributed by atoms with Crippen molar-refractivity contribution >= 4 is 11.0 Å². The molecule has 1 heterocycles. The highest BCUT2D eigenvalue weighted by Crippen LogP contribution is 2.37. The van der Waals surface area contributed by atoms with E-state index in [-0.39, 0.29) is 17.3 Å². The number of fused-ring (bicyclic) bond motifs is 1. The Labute approximate surface area is 158 Å². The summed E-state index contributed by atoms with van der Waals surface area (Å²) in [5.74, 6) is 1.77. The maximum absolute atomic E-state index is 13.1. The Bertz CT molecular complexity index is 990. The molecule has 27 heavy (non-hydrogen) atoms. The van der Waals surface area contributed by atoms with Crippen LogP contribution >= 0.6 is 0 Å². The van der Waals surface area contributed by atoms with E-state index in [0.717, 1.165) is 12.8 Å². The van der Waals surface area contributed by atoms with Crippen molar-refractivity contribution in [1.29, 1.82) is 0 Å². The summed E-state index contributed by atoms with van der Waals surface area (Å²) < 4.78 is 22.8. The lowest BCUT2D eigenvalue weighted by Gasteiger charge is -2.17. The van der Waals surface area contributed by atoms with Crippen LogP contribution in [0.3, 0.4) is 0 Å². The van der Waals surface area contributed by atoms with Gasteiger partial charge in [0.05, 0.1) is 25.7 Å². The van der Waals surface area contributed by atoms with Crippen molar-refractivity contribution in [1.82, 2.24) is 0 Å². The molecule has 1 unspecified atom stereocenters. The Morgan fingerprint density at radius 1 is 1.04 bits per heavy atom. The molecule has 0 bridgehead atoms. The van der Waals surface area contributed by atoms with Gasteiger partial charge in [0.1, 0.15) is 5.58 Å². The number of para-hydroxylation sites is 1. The second-order valence-electron chi connectivity index (χ2n) is 6.37. The third-order valence-electron chi connectivity index (χ3n) is 4.42. The Hall–Kier alpha value is -2.95. The van der Waals surface area contributed by atoms with Crippen LogP contribution in [0.5, 0.6) is 17.2 Å². The van der Waals surface area contributed by atoms with Gasteiger partial charge in [0.15, 0.2) is 17.3 Å². The molecule has 0 saturated heterocycles. The standard InChI is InChI=1S/C22H24O5/c1-5-8-14(2)26-22-20(23)16-9-6-7-10-17(16)27-21(22)15-11-12-18(24-3)19(13-15)25-4/h6-7,9-14H,5,8H2,1-4H3. The van der Waals surface area contributed by atoms with E-state index in [1.807, 2.05) is 25.1 Å². The van der Waals surface area contributed by atoms with E-state index < -0.39 is 0 Å². The summed E-state index contributed by atoms with van der Waals surface area (Å²) in [6.45, 7) is 4.04. The molecule has 3 rings (SSSR count). The summed E-state index contributed by atoms with van der Waals surface area (Å²) in [6.07, 6.45) is 1.71. The third kappa shape index (κ3) is 3.77. The highest BCUT2D eigenvalue weighted by Gasteiger charge is 2.20. The van der Waals surface area contributed by atoms with Gasteiger partial charge in [0, 0.05) is 5.56 Å². The van der Waals surface area contributed by atoms with Gasteiger partial charge in [0.2, 0.25) is 11.2 Å². The maximum atomic E-state index is 13.1. The summed E-state index contributed by atoms with van der Waals surface area (Å²) in [4.78, 5) is 13.1. The molecule has 142 valence electrons. The number of ether oxygens (including phenoxy) is 3. The van der Waals surface area contributed by atoms with Gasteiger partial charge in [0.25, 0.3) is 0 Å². The van der Waals surface area contributed by atoms with Crippen LogP contribution in [-0.4, -0.2) is 20.3 Å². The van der Waals surface area contributed by atoms with Crippen LogP contribution in [0.2, 0.25) is 0 Å². The fourth-order valence-corrected chi connectivity index (χ4v) is 3.07. The quantitative estimate of drug-likeness (QED) is 0.584. The molecule has 0 fully saturated rings. The summed E-state index contributed by atoms with van der Waals surface area (Å²) in [7, 11) is 3.15. The maximum Gasteiger partial charge on any atom is 0.235 e. The average molecular weight is 368 g/mol. The minimum Gasteiger partial charge on any atom is -0.493 e. The summed E-state index contributed by atoms with van der Waals surface area (Å²) in [5.41, 5.74) is 1.03. The van der Waals surface area contributed by atoms with Gasteiger partial charge in [-0.2, -0.15) is 0 Å². The predicted octanol–water partition coefficient (Wildman–Crippen LogP) is 5.04. The number of benzene rings is 2. The number of hydrogen-bond acceptors (Lipinski definition) is 5. The highest BCUT2D eigenvalue weighted by molar-refractivity contribution is 5.82. The normalized spacial score (nSPS) is 12.0. The van der Waals surface area contributed by atoms with Gasteiger partial charge in [-0.1, -0.05) is 25.5 Å². The molecule has 0 aliphatic rings. The van der Waals surface area contributed by atoms with Crippen molar-refractivity contribution in [3.05, 3.63) is 52.7 Å². The Balaban J connectivity index is 2.22. The average Bonchev–Trinajstić information content (AvgIpc) is 2.69. The van der Waals surface area contributed by atoms with Crippen molar-refractivity contribution < 1.29 is 18.6 Å². The lowest BCUT2D eigenvalue weighted by atomic mass is 10.1. The van der Waals surface area contributed by atoms with Crippen LogP contribution in [0, 0.1) is 0 Å². The first-order chi connectivity index (χ1) is 13.1. The molecule has 1 atom stereocenters. The number of methoxy groups -OCH3 is 2. The van der Waals surface area contributed by atoms with Crippen LogP contribution in [0.15, 0.2) is 51.7 Å². The van der Waals surface area contributed by atoms with Crippen LogP contribution in [-0.2, 0) is 0 Å². The third-order valence-corrected chi connectivity index (χ3v) is 4.42. The SMILES string of the molecule is CCCC(C)Oc1c(-c2ccc(OC)c(OC)c2)oc2ccccc2c1=O. The lowest BCUT2D eigenvalue weighted by Crippen LogP contribution is -2.18. The van der Waals surface area contributed by atoms with E-state index in [4.69, 9.17) is 18.6 Å². The van der Waals surface area contributed by atoms with Crippen molar-refractivity contribution in [3.8, 4) is 28.6 Å². The first kappa shape index (κ1) is 18.8. The fourth-order valence-electron chi connectivity index (χ4n) is 3.07. The Morgan fingerprint density at radius 2 is 1.78 bits per heavy atom. The summed E-state index contributed by atoms with van der Waals surface area (Å²) in [5, 5.41) is 0.500. The molecule has 0 radical (unpaired) electrons. The zero-order valence-electron chi connectivity index (χ0n) is 16.1. The number of hydrogen-bond donors (Lipinski definition) is 0. The van der Waals surface area contributed by atoms with Gasteiger partial charge in [-0.25, -0.2) is 0 Å². The van der Waals surface area contributed by atoms with E-state index >= 15 is 0 Å². The zero-order valence-corrected chi connectivity index (χ0v) is 16.1. The predicted molar refractivity (Wildman–Crippen MR) is 106 cm³/mol. The van der Waals surface area contributed by atoms with E-state index in [2.05, 4.69) is 6.92 Å². The van der Waals surface area contributed by atoms with Gasteiger partial charge < -0.3 is 18.6 Å². The van der Waals surface area contributed by atoms with E-state index in [1.165, 1.54) is 0 Å². The first-order valence-corrected chi connectivity index (χ1v) is 9.04. The molecule has 0 amide bonds. The Kier molecular flexibility index (Phi) is 5.69. The second-order valence-corrected chi connectivity index (χ2v) is 6.37. The van der Waals surface area contributed by atoms with Crippen molar-refractivity contribution in [2.75, 3.05) is 14.2 Å². The van der Waals surface area contributed by atoms with Gasteiger partial charge in [-0.3, -0.25) is 4.79 Å². The first-order valence-electron chi connectivity index (χ1n) is 9.04. The van der Waals surface area contributed by atoms with Crippen LogP contribution in [0.4, 0.5) is 0 Å². The molecule has 2 aromatic carbocycles. The monoisotopic (exact) mass is 368 g/mol. The molecular formula is C22H24O5. The van der Waals surface area contributed by atoms with Gasteiger partial charge in [-0.15, -0.1) is 0 Å². The summed E-state index contributed by atoms with van der Waals surface area (Å²) >= 11 is 0. The van der Waals surface area contributed by atoms with Gasteiger partial charge >= 0.3 is 0 Å². The zero-order chi connectivity index (χ0) is 19.4. The molecule has 0 N–H and O–H groups in total. The van der Waals surface area contributed by atoms with Crippen molar-refractivity contribution in [2.45, 2.75) is 32.8 Å². The van der Waals surface area contributed by atoms with Crippen molar-refractivity contribution in [3.63, 3.8) is 0 Å². The molecule has 5 heteroatoms. The van der Waals surface area contributed by atoms with E-state index in [0.29, 0.717) is 33.8 Å². The largest absolute Gasteiger partial charge is 0.493 e. The molecule has 0 aliphatic heterocycles. The minimum atomic E-state index is -0.176. The van der Waals surface area contributed by atoms with Crippen LogP contribution in [0.1, 0.15) is 26.7 Å². The van der Waals surface area contributed by atoms with Crippen LogP contribution < -0.4 is 19.6 Å². The Morgan fingerprint density at radius 3 is 2.48 bits per heavy atom. The van der Waals surface area contributed by atoms with Gasteiger partial charge in [-0.05, 0) is 43.7 Å². The molecule has 0 saturated carbocycles. The number of rotatable bonds is 7. The molecule has 1 aromatic heterocycles. The molecular weight excluding hydrogens is 344 g/mol. The fraction of sp³-hybridized carbons (Fsp3) is 0.318. The highest BCUT2D eigenvalue weighted by atomic mass is 16.5. The van der Waals surface area contributed by atoms with E-state index in [9.17, 15) is 4.79 Å². The molecule has 5 nitrogen and oxygen atoms in total. The molecule has 0 aliphatic carbocycles. The van der Waals surface area contributed by atoms with Crippen LogP contribution in [0.25, 0.3) is 22.3 Å². The summed E-state index contributed by atoms with van der Waals surface area (Å²) in [6, 6.07) is 12.6. The molecule has 0 spiro atoms.